The first kappa shape index (κ1) is 10.2. The summed E-state index contributed by atoms with van der Waals surface area (Å²) in [4.78, 5) is 8.10. The molecule has 0 saturated heterocycles. The van der Waals surface area contributed by atoms with Crippen LogP contribution in [0, 0.1) is 0 Å². The molecule has 15 heavy (non-hydrogen) atoms. The molecule has 1 aromatic heterocycles. The minimum Gasteiger partial charge on any atom is -0.381 e. The van der Waals surface area contributed by atoms with Crippen molar-refractivity contribution in [2.75, 3.05) is 17.7 Å². The SMILES string of the molecule is CCOC1CC(Nc2nccnc2N)C1. The molecule has 3 N–H and O–H groups in total. The van der Waals surface area contributed by atoms with Crippen LogP contribution in [0.25, 0.3) is 0 Å². The van der Waals surface area contributed by atoms with Crippen molar-refractivity contribution in [3.63, 3.8) is 0 Å². The van der Waals surface area contributed by atoms with Gasteiger partial charge in [0.2, 0.25) is 0 Å². The third kappa shape index (κ3) is 2.36. The fourth-order valence-corrected chi connectivity index (χ4v) is 1.71. The molecule has 1 heterocycles. The van der Waals surface area contributed by atoms with Crippen molar-refractivity contribution >= 4 is 11.6 Å². The Bertz CT molecular complexity index is 325. The summed E-state index contributed by atoms with van der Waals surface area (Å²) in [5, 5.41) is 3.26. The Hall–Kier alpha value is -1.36. The first-order valence-electron chi connectivity index (χ1n) is 5.24. The molecule has 1 fully saturated rings. The van der Waals surface area contributed by atoms with Gasteiger partial charge in [-0.05, 0) is 19.8 Å². The van der Waals surface area contributed by atoms with E-state index in [0.29, 0.717) is 23.8 Å². The van der Waals surface area contributed by atoms with Crippen LogP contribution in [0.4, 0.5) is 11.6 Å². The second kappa shape index (κ2) is 4.44. The average Bonchev–Trinajstić information content (AvgIpc) is 2.18. The van der Waals surface area contributed by atoms with E-state index in [-0.39, 0.29) is 0 Å². The summed E-state index contributed by atoms with van der Waals surface area (Å²) in [6.07, 6.45) is 5.65. The molecule has 5 nitrogen and oxygen atoms in total. The highest BCUT2D eigenvalue weighted by atomic mass is 16.5. The molecule has 0 amide bonds. The van der Waals surface area contributed by atoms with Crippen LogP contribution in [0.2, 0.25) is 0 Å². The molecule has 0 bridgehead atoms. The van der Waals surface area contributed by atoms with Gasteiger partial charge < -0.3 is 15.8 Å². The Morgan fingerprint density at radius 3 is 2.87 bits per heavy atom. The van der Waals surface area contributed by atoms with Crippen LogP contribution in [0.1, 0.15) is 19.8 Å². The number of hydrogen-bond acceptors (Lipinski definition) is 5. The third-order valence-electron chi connectivity index (χ3n) is 2.56. The quantitative estimate of drug-likeness (QED) is 0.773. The van der Waals surface area contributed by atoms with Gasteiger partial charge in [-0.15, -0.1) is 0 Å². The molecule has 0 unspecified atom stereocenters. The molecule has 0 aliphatic heterocycles. The molecule has 5 heteroatoms. The number of nitrogen functional groups attached to an aromatic ring is 1. The first-order chi connectivity index (χ1) is 7.29. The Balaban J connectivity index is 1.82. The average molecular weight is 208 g/mol. The van der Waals surface area contributed by atoms with Gasteiger partial charge in [-0.3, -0.25) is 0 Å². The van der Waals surface area contributed by atoms with E-state index in [1.165, 1.54) is 0 Å². The number of nitrogens with two attached hydrogens (primary N) is 1. The Kier molecular flexibility index (Phi) is 3.01. The van der Waals surface area contributed by atoms with Gasteiger partial charge in [0.25, 0.3) is 0 Å². The third-order valence-corrected chi connectivity index (χ3v) is 2.56. The largest absolute Gasteiger partial charge is 0.381 e. The molecular formula is C10H16N4O. The van der Waals surface area contributed by atoms with Crippen molar-refractivity contribution in [3.05, 3.63) is 12.4 Å². The van der Waals surface area contributed by atoms with Crippen LogP contribution in [0.3, 0.4) is 0 Å². The topological polar surface area (TPSA) is 73.1 Å². The van der Waals surface area contributed by atoms with Crippen molar-refractivity contribution in [1.82, 2.24) is 9.97 Å². The first-order valence-corrected chi connectivity index (χ1v) is 5.24. The number of anilines is 2. The zero-order chi connectivity index (χ0) is 10.7. The van der Waals surface area contributed by atoms with Crippen molar-refractivity contribution in [1.29, 1.82) is 0 Å². The minimum absolute atomic E-state index is 0.394. The highest BCUT2D eigenvalue weighted by Gasteiger charge is 2.29. The lowest BCUT2D eigenvalue weighted by Gasteiger charge is -2.35. The highest BCUT2D eigenvalue weighted by Crippen LogP contribution is 2.27. The maximum atomic E-state index is 5.67. The molecule has 2 rings (SSSR count). The summed E-state index contributed by atoms with van der Waals surface area (Å²) >= 11 is 0. The molecule has 1 aliphatic rings. The van der Waals surface area contributed by atoms with Crippen molar-refractivity contribution in [2.24, 2.45) is 0 Å². The molecule has 82 valence electrons. The van der Waals surface area contributed by atoms with Crippen molar-refractivity contribution in [2.45, 2.75) is 31.9 Å². The highest BCUT2D eigenvalue weighted by molar-refractivity contribution is 5.55. The smallest absolute Gasteiger partial charge is 0.169 e. The van der Waals surface area contributed by atoms with Gasteiger partial charge in [0.15, 0.2) is 11.6 Å². The van der Waals surface area contributed by atoms with E-state index in [4.69, 9.17) is 10.5 Å². The number of aromatic nitrogens is 2. The number of nitrogens with zero attached hydrogens (tertiary/aromatic N) is 2. The Morgan fingerprint density at radius 2 is 2.20 bits per heavy atom. The summed E-state index contributed by atoms with van der Waals surface area (Å²) in [7, 11) is 0. The van der Waals surface area contributed by atoms with Gasteiger partial charge in [0.05, 0.1) is 6.10 Å². The predicted molar refractivity (Wildman–Crippen MR) is 58.5 cm³/mol. The fourth-order valence-electron chi connectivity index (χ4n) is 1.71. The van der Waals surface area contributed by atoms with Crippen LogP contribution in [-0.4, -0.2) is 28.7 Å². The van der Waals surface area contributed by atoms with E-state index in [0.717, 1.165) is 19.4 Å². The van der Waals surface area contributed by atoms with Crippen molar-refractivity contribution < 1.29 is 4.74 Å². The minimum atomic E-state index is 0.394. The molecule has 1 aliphatic carbocycles. The van der Waals surface area contributed by atoms with E-state index < -0.39 is 0 Å². The van der Waals surface area contributed by atoms with Crippen LogP contribution in [0.5, 0.6) is 0 Å². The van der Waals surface area contributed by atoms with Gasteiger partial charge >= 0.3 is 0 Å². The van der Waals surface area contributed by atoms with Gasteiger partial charge in [0.1, 0.15) is 0 Å². The summed E-state index contributed by atoms with van der Waals surface area (Å²) in [6.45, 7) is 2.80. The molecule has 0 spiro atoms. The van der Waals surface area contributed by atoms with Gasteiger partial charge in [-0.25, -0.2) is 9.97 Å². The lowest BCUT2D eigenvalue weighted by molar-refractivity contribution is 0.00293. The Labute approximate surface area is 89.1 Å². The van der Waals surface area contributed by atoms with E-state index in [1.807, 2.05) is 6.92 Å². The lowest BCUT2D eigenvalue weighted by Crippen LogP contribution is -2.41. The van der Waals surface area contributed by atoms with E-state index in [1.54, 1.807) is 12.4 Å². The normalized spacial score (nSPS) is 24.6. The predicted octanol–water partition coefficient (Wildman–Crippen LogP) is 1.04. The molecule has 1 saturated carbocycles. The number of nitrogens with one attached hydrogen (secondary N) is 1. The summed E-state index contributed by atoms with van der Waals surface area (Å²) in [5.41, 5.74) is 5.67. The van der Waals surface area contributed by atoms with Crippen LogP contribution >= 0.6 is 0 Å². The molecule has 0 atom stereocenters. The lowest BCUT2D eigenvalue weighted by atomic mass is 9.89. The summed E-state index contributed by atoms with van der Waals surface area (Å²) in [6, 6.07) is 0.417. The fraction of sp³-hybridized carbons (Fsp3) is 0.600. The summed E-state index contributed by atoms with van der Waals surface area (Å²) < 4.78 is 5.47. The van der Waals surface area contributed by atoms with E-state index >= 15 is 0 Å². The maximum absolute atomic E-state index is 5.67. The second-order valence-corrected chi connectivity index (χ2v) is 3.68. The van der Waals surface area contributed by atoms with Crippen LogP contribution < -0.4 is 11.1 Å². The standard InChI is InChI=1S/C10H16N4O/c1-2-15-8-5-7(6-8)14-10-9(11)12-3-4-13-10/h3-4,7-8H,2,5-6H2,1H3,(H2,11,12)(H,13,14). The molecule has 0 aromatic carbocycles. The zero-order valence-electron chi connectivity index (χ0n) is 8.81. The number of ether oxygens (including phenoxy) is 1. The second-order valence-electron chi connectivity index (χ2n) is 3.68. The monoisotopic (exact) mass is 208 g/mol. The molecular weight excluding hydrogens is 192 g/mol. The van der Waals surface area contributed by atoms with E-state index in [2.05, 4.69) is 15.3 Å². The Morgan fingerprint density at radius 1 is 1.47 bits per heavy atom. The van der Waals surface area contributed by atoms with Gasteiger partial charge in [-0.1, -0.05) is 0 Å². The number of hydrogen-bond donors (Lipinski definition) is 2. The molecule has 0 radical (unpaired) electrons. The zero-order valence-corrected chi connectivity index (χ0v) is 8.81. The van der Waals surface area contributed by atoms with E-state index in [9.17, 15) is 0 Å². The van der Waals surface area contributed by atoms with Gasteiger partial charge in [0, 0.05) is 25.0 Å². The molecule has 1 aromatic rings. The summed E-state index contributed by atoms with van der Waals surface area (Å²) in [5.74, 6) is 1.13. The maximum Gasteiger partial charge on any atom is 0.169 e. The van der Waals surface area contributed by atoms with Crippen molar-refractivity contribution in [3.8, 4) is 0 Å². The van der Waals surface area contributed by atoms with Crippen LogP contribution in [-0.2, 0) is 4.74 Å². The number of rotatable bonds is 4. The van der Waals surface area contributed by atoms with Crippen LogP contribution in [0.15, 0.2) is 12.4 Å². The van der Waals surface area contributed by atoms with Gasteiger partial charge in [-0.2, -0.15) is 0 Å².